The van der Waals surface area contributed by atoms with E-state index in [-0.39, 0.29) is 16.0 Å². The maximum atomic E-state index is 12.5. The Balaban J connectivity index is 1.92. The number of methoxy groups -OCH3 is 1. The van der Waals surface area contributed by atoms with Crippen LogP contribution in [0.5, 0.6) is 0 Å². The van der Waals surface area contributed by atoms with Crippen LogP contribution in [-0.4, -0.2) is 51.2 Å². The Morgan fingerprint density at radius 1 is 0.931 bits per heavy atom. The summed E-state index contributed by atoms with van der Waals surface area (Å²) in [7, 11) is -1.33. The summed E-state index contributed by atoms with van der Waals surface area (Å²) in [4.78, 5) is 35.5. The summed E-state index contributed by atoms with van der Waals surface area (Å²) in [5.74, 6) is -1.88. The van der Waals surface area contributed by atoms with Gasteiger partial charge in [-0.25, -0.2) is 13.2 Å². The van der Waals surface area contributed by atoms with Crippen LogP contribution in [0.25, 0.3) is 0 Å². The fourth-order valence-electron chi connectivity index (χ4n) is 2.29. The molecule has 2 aromatic carbocycles. The Kier molecular flexibility index (Phi) is 7.08. The molecule has 0 aliphatic rings. The zero-order valence-electron chi connectivity index (χ0n) is 16.1. The first-order valence-electron chi connectivity index (χ1n) is 8.45. The van der Waals surface area contributed by atoms with Gasteiger partial charge in [-0.2, -0.15) is 4.31 Å². The van der Waals surface area contributed by atoms with Crippen LogP contribution in [0.4, 0.5) is 0 Å². The van der Waals surface area contributed by atoms with Gasteiger partial charge in [0.1, 0.15) is 0 Å². The highest BCUT2D eigenvalue weighted by Crippen LogP contribution is 2.14. The number of hydrogen-bond donors (Lipinski definition) is 2. The van der Waals surface area contributed by atoms with E-state index in [1.54, 1.807) is 12.1 Å². The molecule has 0 saturated heterocycles. The zero-order chi connectivity index (χ0) is 21.6. The third-order valence-electron chi connectivity index (χ3n) is 3.98. The minimum Gasteiger partial charge on any atom is -0.465 e. The van der Waals surface area contributed by atoms with Gasteiger partial charge in [0.05, 0.1) is 24.1 Å². The fraction of sp³-hybridized carbons (Fsp3) is 0.211. The van der Waals surface area contributed by atoms with Gasteiger partial charge in [-0.05, 0) is 43.3 Å². The van der Waals surface area contributed by atoms with Gasteiger partial charge in [0.25, 0.3) is 11.8 Å². The number of sulfonamides is 1. The number of rotatable bonds is 6. The van der Waals surface area contributed by atoms with Gasteiger partial charge < -0.3 is 4.74 Å². The monoisotopic (exact) mass is 419 g/mol. The predicted molar refractivity (Wildman–Crippen MR) is 104 cm³/mol. The maximum absolute atomic E-state index is 12.5. The number of benzene rings is 2. The first kappa shape index (κ1) is 22.1. The van der Waals surface area contributed by atoms with Crippen molar-refractivity contribution in [3.8, 4) is 0 Å². The van der Waals surface area contributed by atoms with Crippen LogP contribution in [0, 0.1) is 6.92 Å². The van der Waals surface area contributed by atoms with E-state index in [2.05, 4.69) is 15.6 Å². The van der Waals surface area contributed by atoms with Crippen molar-refractivity contribution in [2.45, 2.75) is 11.8 Å². The Bertz CT molecular complexity index is 1000. The first-order valence-corrected chi connectivity index (χ1v) is 9.89. The van der Waals surface area contributed by atoms with Gasteiger partial charge in [0.15, 0.2) is 0 Å². The SMILES string of the molecule is COC(=O)c1ccc(C(=O)NNC(=O)CN(C)S(=O)(=O)c2ccc(C)cc2)cc1. The van der Waals surface area contributed by atoms with Crippen LogP contribution in [0.2, 0.25) is 0 Å². The third-order valence-corrected chi connectivity index (χ3v) is 5.80. The number of likely N-dealkylation sites (N-methyl/N-ethyl adjacent to an activating group) is 1. The second kappa shape index (κ2) is 9.30. The van der Waals surface area contributed by atoms with Crippen molar-refractivity contribution in [1.82, 2.24) is 15.2 Å². The van der Waals surface area contributed by atoms with Crippen molar-refractivity contribution in [3.63, 3.8) is 0 Å². The van der Waals surface area contributed by atoms with Crippen molar-refractivity contribution < 1.29 is 27.5 Å². The topological polar surface area (TPSA) is 122 Å². The van der Waals surface area contributed by atoms with E-state index >= 15 is 0 Å². The summed E-state index contributed by atoms with van der Waals surface area (Å²) in [5.41, 5.74) is 5.72. The summed E-state index contributed by atoms with van der Waals surface area (Å²) >= 11 is 0. The largest absolute Gasteiger partial charge is 0.465 e. The Labute approximate surface area is 168 Å². The van der Waals surface area contributed by atoms with Crippen molar-refractivity contribution >= 4 is 27.8 Å². The lowest BCUT2D eigenvalue weighted by Crippen LogP contribution is -2.46. The minimum absolute atomic E-state index is 0.0631. The first-order chi connectivity index (χ1) is 13.6. The minimum atomic E-state index is -3.84. The fourth-order valence-corrected chi connectivity index (χ4v) is 3.42. The van der Waals surface area contributed by atoms with Crippen molar-refractivity contribution in [2.24, 2.45) is 0 Å². The van der Waals surface area contributed by atoms with Crippen LogP contribution >= 0.6 is 0 Å². The van der Waals surface area contributed by atoms with Crippen LogP contribution in [0.15, 0.2) is 53.4 Å². The number of carbonyl (C=O) groups is 3. The highest BCUT2D eigenvalue weighted by Gasteiger charge is 2.23. The number of carbonyl (C=O) groups excluding carboxylic acids is 3. The Morgan fingerprint density at radius 2 is 1.48 bits per heavy atom. The van der Waals surface area contributed by atoms with Crippen molar-refractivity contribution in [3.05, 3.63) is 65.2 Å². The molecule has 0 atom stereocenters. The molecule has 0 aromatic heterocycles. The number of hydrogen-bond acceptors (Lipinski definition) is 6. The average molecular weight is 419 g/mol. The van der Waals surface area contributed by atoms with Crippen LogP contribution in [0.3, 0.4) is 0 Å². The highest BCUT2D eigenvalue weighted by molar-refractivity contribution is 7.89. The van der Waals surface area contributed by atoms with E-state index in [4.69, 9.17) is 0 Å². The molecule has 2 amide bonds. The van der Waals surface area contributed by atoms with Gasteiger partial charge in [-0.15, -0.1) is 0 Å². The van der Waals surface area contributed by atoms with Gasteiger partial charge in [0.2, 0.25) is 10.0 Å². The standard InChI is InChI=1S/C19H21N3O6S/c1-13-4-10-16(11-5-13)29(26,27)22(2)12-17(23)20-21-18(24)14-6-8-15(9-7-14)19(25)28-3/h4-11H,12H2,1-3H3,(H,20,23)(H,21,24). The molecule has 0 aliphatic carbocycles. The van der Waals surface area contributed by atoms with Gasteiger partial charge in [0, 0.05) is 12.6 Å². The molecule has 0 heterocycles. The molecular formula is C19H21N3O6S. The van der Waals surface area contributed by atoms with Crippen LogP contribution < -0.4 is 10.9 Å². The van der Waals surface area contributed by atoms with Gasteiger partial charge in [-0.1, -0.05) is 17.7 Å². The van der Waals surface area contributed by atoms with E-state index in [1.807, 2.05) is 6.92 Å². The lowest BCUT2D eigenvalue weighted by atomic mass is 10.1. The van der Waals surface area contributed by atoms with Crippen LogP contribution in [0.1, 0.15) is 26.3 Å². The normalized spacial score (nSPS) is 11.0. The molecule has 0 saturated carbocycles. The molecule has 9 nitrogen and oxygen atoms in total. The molecule has 0 unspecified atom stereocenters. The molecule has 154 valence electrons. The van der Waals surface area contributed by atoms with Gasteiger partial charge >= 0.3 is 5.97 Å². The molecule has 0 radical (unpaired) electrons. The number of amides is 2. The lowest BCUT2D eigenvalue weighted by Gasteiger charge is -2.17. The molecule has 0 fully saturated rings. The molecule has 0 spiro atoms. The van der Waals surface area contributed by atoms with E-state index in [0.717, 1.165) is 9.87 Å². The second-order valence-electron chi connectivity index (χ2n) is 6.15. The summed E-state index contributed by atoms with van der Waals surface area (Å²) in [6, 6.07) is 11.8. The number of ether oxygens (including phenoxy) is 1. The molecule has 0 bridgehead atoms. The number of nitrogens with one attached hydrogen (secondary N) is 2. The number of esters is 1. The van der Waals surface area contributed by atoms with E-state index in [0.29, 0.717) is 0 Å². The van der Waals surface area contributed by atoms with E-state index in [9.17, 15) is 22.8 Å². The smallest absolute Gasteiger partial charge is 0.337 e. The molecule has 29 heavy (non-hydrogen) atoms. The summed E-state index contributed by atoms with van der Waals surface area (Å²) in [6.07, 6.45) is 0. The quantitative estimate of drug-likeness (QED) is 0.529. The molecular weight excluding hydrogens is 398 g/mol. The predicted octanol–water partition coefficient (Wildman–Crippen LogP) is 0.863. The Hall–Kier alpha value is -3.24. The maximum Gasteiger partial charge on any atom is 0.337 e. The summed E-state index contributed by atoms with van der Waals surface area (Å²) in [6.45, 7) is 1.34. The third kappa shape index (κ3) is 5.62. The molecule has 2 aromatic rings. The van der Waals surface area contributed by atoms with E-state index in [1.165, 1.54) is 50.6 Å². The second-order valence-corrected chi connectivity index (χ2v) is 8.19. The Morgan fingerprint density at radius 3 is 2.03 bits per heavy atom. The lowest BCUT2D eigenvalue weighted by molar-refractivity contribution is -0.121. The highest BCUT2D eigenvalue weighted by atomic mass is 32.2. The molecule has 10 heteroatoms. The summed E-state index contributed by atoms with van der Waals surface area (Å²) in [5, 5.41) is 0. The molecule has 2 N–H and O–H groups in total. The van der Waals surface area contributed by atoms with E-state index < -0.39 is 34.4 Å². The zero-order valence-corrected chi connectivity index (χ0v) is 16.9. The van der Waals surface area contributed by atoms with Crippen LogP contribution in [-0.2, 0) is 19.6 Å². The van der Waals surface area contributed by atoms with Crippen molar-refractivity contribution in [2.75, 3.05) is 20.7 Å². The number of aryl methyl sites for hydroxylation is 1. The summed E-state index contributed by atoms with van der Waals surface area (Å²) < 4.78 is 30.4. The number of hydrazine groups is 1. The van der Waals surface area contributed by atoms with Gasteiger partial charge in [-0.3, -0.25) is 20.4 Å². The average Bonchev–Trinajstić information content (AvgIpc) is 2.71. The molecule has 0 aliphatic heterocycles. The number of nitrogens with zero attached hydrogens (tertiary/aromatic N) is 1. The van der Waals surface area contributed by atoms with Crippen molar-refractivity contribution in [1.29, 1.82) is 0 Å². The molecule has 2 rings (SSSR count).